The number of ether oxygens (including phenoxy) is 3. The van der Waals surface area contributed by atoms with Crippen LogP contribution in [0.5, 0.6) is 17.2 Å². The number of hydrogen-bond donors (Lipinski definition) is 2. The van der Waals surface area contributed by atoms with E-state index in [4.69, 9.17) is 14.2 Å². The van der Waals surface area contributed by atoms with Crippen molar-refractivity contribution >= 4 is 17.9 Å². The lowest BCUT2D eigenvalue weighted by atomic mass is 9.84. The molecule has 12 heteroatoms. The van der Waals surface area contributed by atoms with Crippen LogP contribution in [0.25, 0.3) is 0 Å². The zero-order valence-electron chi connectivity index (χ0n) is 24.4. The van der Waals surface area contributed by atoms with E-state index < -0.39 is 23.8 Å². The first-order valence-electron chi connectivity index (χ1n) is 14.6. The highest BCUT2D eigenvalue weighted by molar-refractivity contribution is 5.79. The van der Waals surface area contributed by atoms with Crippen molar-refractivity contribution in [1.29, 1.82) is 0 Å². The molecule has 1 aromatic rings. The minimum absolute atomic E-state index is 0.00430. The first kappa shape index (κ1) is 30.7. The molecule has 2 saturated heterocycles. The molecule has 2 N–H and O–H groups in total. The molecule has 1 unspecified atom stereocenters. The van der Waals surface area contributed by atoms with Gasteiger partial charge >= 0.3 is 12.0 Å². The topological polar surface area (TPSA) is 132 Å². The molecule has 0 bridgehead atoms. The van der Waals surface area contributed by atoms with Crippen LogP contribution in [0.1, 0.15) is 50.5 Å². The smallest absolute Gasteiger partial charge is 0.319 e. The summed E-state index contributed by atoms with van der Waals surface area (Å²) in [6.45, 7) is 5.31. The van der Waals surface area contributed by atoms with Gasteiger partial charge in [-0.25, -0.2) is 4.79 Å². The van der Waals surface area contributed by atoms with Crippen molar-refractivity contribution in [3.05, 3.63) is 17.7 Å². The number of fused-ring (bicyclic) bond motifs is 1. The number of likely N-dealkylation sites (tertiary alicyclic amines) is 1. The largest absolute Gasteiger partial charge is 0.493 e. The first-order chi connectivity index (χ1) is 19.8. The summed E-state index contributed by atoms with van der Waals surface area (Å²) >= 11 is 0. The zero-order chi connectivity index (χ0) is 29.5. The fourth-order valence-corrected chi connectivity index (χ4v) is 6.23. The van der Waals surface area contributed by atoms with Crippen molar-refractivity contribution in [1.82, 2.24) is 19.6 Å². The third kappa shape index (κ3) is 6.98. The molecule has 0 aromatic heterocycles. The molecule has 12 nitrogen and oxygen atoms in total. The molecule has 3 heterocycles. The van der Waals surface area contributed by atoms with Crippen LogP contribution in [0.3, 0.4) is 0 Å². The average molecular weight is 577 g/mol. The maximum Gasteiger partial charge on any atom is 0.319 e. The molecule has 3 atom stereocenters. The van der Waals surface area contributed by atoms with E-state index >= 15 is 0 Å². The number of aliphatic hydroxyl groups is 1. The summed E-state index contributed by atoms with van der Waals surface area (Å²) in [5, 5.41) is 19.9. The molecule has 3 aliphatic rings. The maximum absolute atomic E-state index is 13.6. The van der Waals surface area contributed by atoms with Gasteiger partial charge in [0.25, 0.3) is 0 Å². The van der Waals surface area contributed by atoms with Crippen LogP contribution < -0.4 is 14.2 Å². The van der Waals surface area contributed by atoms with Gasteiger partial charge in [-0.3, -0.25) is 14.5 Å². The van der Waals surface area contributed by atoms with E-state index in [9.17, 15) is 24.6 Å². The number of carbonyl (C=O) groups excluding carboxylic acids is 2. The zero-order valence-corrected chi connectivity index (χ0v) is 24.4. The number of rotatable bonds is 14. The Labute approximate surface area is 241 Å². The molecule has 41 heavy (non-hydrogen) atoms. The third-order valence-electron chi connectivity index (χ3n) is 8.41. The van der Waals surface area contributed by atoms with Gasteiger partial charge in [0.1, 0.15) is 0 Å². The minimum atomic E-state index is -0.947. The normalized spacial score (nSPS) is 22.3. The Morgan fingerprint density at radius 2 is 1.95 bits per heavy atom. The van der Waals surface area contributed by atoms with Gasteiger partial charge in [0, 0.05) is 64.9 Å². The Bertz CT molecular complexity index is 1080. The van der Waals surface area contributed by atoms with E-state index in [1.54, 1.807) is 27.8 Å². The highest BCUT2D eigenvalue weighted by Crippen LogP contribution is 2.47. The van der Waals surface area contributed by atoms with Crippen molar-refractivity contribution in [2.45, 2.75) is 51.0 Å². The van der Waals surface area contributed by atoms with Crippen LogP contribution in [-0.4, -0.2) is 127 Å². The van der Waals surface area contributed by atoms with Crippen LogP contribution in [0, 0.1) is 5.92 Å². The van der Waals surface area contributed by atoms with Crippen LogP contribution in [0.2, 0.25) is 0 Å². The summed E-state index contributed by atoms with van der Waals surface area (Å²) in [6, 6.07) is 3.08. The number of aliphatic carboxylic acids is 1. The van der Waals surface area contributed by atoms with Gasteiger partial charge < -0.3 is 39.1 Å². The van der Waals surface area contributed by atoms with E-state index in [0.717, 1.165) is 24.8 Å². The van der Waals surface area contributed by atoms with Gasteiger partial charge in [-0.2, -0.15) is 0 Å². The molecule has 2 fully saturated rings. The van der Waals surface area contributed by atoms with E-state index in [1.165, 1.54) is 7.11 Å². The number of benzene rings is 1. The van der Waals surface area contributed by atoms with Crippen molar-refractivity contribution in [3.63, 3.8) is 0 Å². The molecule has 228 valence electrons. The number of carboxylic acid groups (broad SMARTS) is 1. The summed E-state index contributed by atoms with van der Waals surface area (Å²) in [4.78, 5) is 46.4. The van der Waals surface area contributed by atoms with Gasteiger partial charge in [-0.1, -0.05) is 13.3 Å². The number of amides is 3. The van der Waals surface area contributed by atoms with Gasteiger partial charge in [0.05, 0.1) is 19.6 Å². The predicted molar refractivity (Wildman–Crippen MR) is 150 cm³/mol. The van der Waals surface area contributed by atoms with Crippen LogP contribution in [0.4, 0.5) is 4.79 Å². The second-order valence-electron chi connectivity index (χ2n) is 11.1. The number of urea groups is 1. The highest BCUT2D eigenvalue weighted by atomic mass is 16.7. The van der Waals surface area contributed by atoms with E-state index in [2.05, 4.69) is 6.92 Å². The lowest BCUT2D eigenvalue weighted by Gasteiger charge is -2.35. The van der Waals surface area contributed by atoms with Crippen molar-refractivity contribution in [3.8, 4) is 17.2 Å². The number of nitrogens with zero attached hydrogens (tertiary/aromatic N) is 4. The van der Waals surface area contributed by atoms with Crippen molar-refractivity contribution in [2.24, 2.45) is 5.92 Å². The number of methoxy groups -OCH3 is 1. The van der Waals surface area contributed by atoms with Crippen molar-refractivity contribution < 1.29 is 38.8 Å². The quantitative estimate of drug-likeness (QED) is 0.342. The standard InChI is InChI=1S/C29H44N4O8/c1-4-5-10-31(12-7-14-34)25(35)18-33-17-21(20-15-23(39-3)27-24(16-20)40-19-41-27)26(28(36)37)22(33)8-13-32-11-6-9-30(2)29(32)38/h15-16,21-22,26,34H,4-14,17-19H2,1-3H3,(H,36,37)/t21-,22+,26?/m1/s1. The highest BCUT2D eigenvalue weighted by Gasteiger charge is 2.48. The monoisotopic (exact) mass is 576 g/mol. The van der Waals surface area contributed by atoms with Gasteiger partial charge in [-0.05, 0) is 43.4 Å². The summed E-state index contributed by atoms with van der Waals surface area (Å²) in [6.07, 6.45) is 3.55. The summed E-state index contributed by atoms with van der Waals surface area (Å²) in [7, 11) is 3.30. The Balaban J connectivity index is 1.62. The van der Waals surface area contributed by atoms with E-state index in [-0.39, 0.29) is 31.9 Å². The number of unbranched alkanes of at least 4 members (excludes halogenated alkanes) is 1. The Morgan fingerprint density at radius 1 is 1.17 bits per heavy atom. The Kier molecular flexibility index (Phi) is 10.5. The molecule has 3 amide bonds. The molecule has 0 aliphatic carbocycles. The second-order valence-corrected chi connectivity index (χ2v) is 11.1. The van der Waals surface area contributed by atoms with E-state index in [0.29, 0.717) is 69.4 Å². The Hall–Kier alpha value is -3.25. The summed E-state index contributed by atoms with van der Waals surface area (Å²) in [5.74, 6) is -0.807. The molecule has 4 rings (SSSR count). The number of aliphatic hydroxyl groups excluding tert-OH is 1. The number of carboxylic acids is 1. The second kappa shape index (κ2) is 14.1. The molecular weight excluding hydrogens is 532 g/mol. The van der Waals surface area contributed by atoms with Gasteiger partial charge in [0.15, 0.2) is 11.5 Å². The van der Waals surface area contributed by atoms with Crippen LogP contribution in [0.15, 0.2) is 12.1 Å². The lowest BCUT2D eigenvalue weighted by Crippen LogP contribution is -2.50. The fraction of sp³-hybridized carbons (Fsp3) is 0.690. The molecule has 0 saturated carbocycles. The van der Waals surface area contributed by atoms with Gasteiger partial charge in [-0.15, -0.1) is 0 Å². The first-order valence-corrected chi connectivity index (χ1v) is 14.6. The third-order valence-corrected chi connectivity index (χ3v) is 8.41. The fourth-order valence-electron chi connectivity index (χ4n) is 6.23. The number of carbonyl (C=O) groups is 3. The maximum atomic E-state index is 13.6. The van der Waals surface area contributed by atoms with Crippen LogP contribution in [-0.2, 0) is 9.59 Å². The number of hydrogen-bond acceptors (Lipinski definition) is 8. The average Bonchev–Trinajstić information content (AvgIpc) is 3.58. The van der Waals surface area contributed by atoms with E-state index in [1.807, 2.05) is 11.0 Å². The Morgan fingerprint density at radius 3 is 2.66 bits per heavy atom. The SMILES string of the molecule is CCCCN(CCCO)C(=O)CN1C[C@H](c2cc(OC)c3c(c2)OCO3)C(C(=O)O)[C@@H]1CCN1CCCN(C)C1=O. The van der Waals surface area contributed by atoms with Crippen molar-refractivity contribution in [2.75, 3.05) is 73.4 Å². The van der Waals surface area contributed by atoms with Gasteiger partial charge in [0.2, 0.25) is 18.4 Å². The predicted octanol–water partition coefficient (Wildman–Crippen LogP) is 2.05. The molecule has 0 radical (unpaired) electrons. The lowest BCUT2D eigenvalue weighted by molar-refractivity contribution is -0.144. The molecule has 1 aromatic carbocycles. The molecule has 0 spiro atoms. The minimum Gasteiger partial charge on any atom is -0.493 e. The summed E-state index contributed by atoms with van der Waals surface area (Å²) in [5.41, 5.74) is 0.746. The summed E-state index contributed by atoms with van der Waals surface area (Å²) < 4.78 is 16.7. The molecular formula is C29H44N4O8. The van der Waals surface area contributed by atoms with Crippen LogP contribution >= 0.6 is 0 Å². The molecule has 3 aliphatic heterocycles.